The molecule has 21 heavy (non-hydrogen) atoms. The molecule has 1 aromatic rings. The van der Waals surface area contributed by atoms with Gasteiger partial charge in [-0.25, -0.2) is 4.39 Å². The Hall–Kier alpha value is -1.46. The van der Waals surface area contributed by atoms with Crippen molar-refractivity contribution < 1.29 is 23.4 Å². The molecular weight excluding hydrogens is 275 g/mol. The van der Waals surface area contributed by atoms with Gasteiger partial charge >= 0.3 is 5.97 Å². The van der Waals surface area contributed by atoms with Gasteiger partial charge in [-0.3, -0.25) is 4.79 Å². The topological polar surface area (TPSA) is 48.1 Å². The van der Waals surface area contributed by atoms with Gasteiger partial charge in [0.25, 0.3) is 0 Å². The minimum absolute atomic E-state index is 0.0907. The first kappa shape index (κ1) is 14.5. The van der Waals surface area contributed by atoms with E-state index < -0.39 is 0 Å². The normalized spacial score (nSPS) is 28.1. The minimum atomic E-state index is -0.341. The van der Waals surface area contributed by atoms with Crippen LogP contribution in [-0.2, 0) is 14.3 Å². The summed E-state index contributed by atoms with van der Waals surface area (Å²) in [4.78, 5) is 12.1. The number of halogens is 1. The van der Waals surface area contributed by atoms with Crippen molar-refractivity contribution in [3.63, 3.8) is 0 Å². The second kappa shape index (κ2) is 6.54. The Kier molecular flexibility index (Phi) is 4.51. The highest BCUT2D eigenvalue weighted by Crippen LogP contribution is 2.28. The van der Waals surface area contributed by atoms with E-state index in [0.717, 1.165) is 32.3 Å². The Morgan fingerprint density at radius 1 is 1.19 bits per heavy atom. The highest BCUT2D eigenvalue weighted by molar-refractivity contribution is 5.75. The SMILES string of the molecule is O=C(Oc1ccc(F)cc1)C1CCC(OCC2CO2)CC1. The molecule has 0 N–H and O–H groups in total. The molecule has 114 valence electrons. The van der Waals surface area contributed by atoms with E-state index in [2.05, 4.69) is 0 Å². The third-order valence-corrected chi connectivity index (χ3v) is 3.96. The average molecular weight is 294 g/mol. The van der Waals surface area contributed by atoms with Crippen LogP contribution in [0, 0.1) is 11.7 Å². The molecule has 2 aliphatic rings. The predicted molar refractivity (Wildman–Crippen MR) is 73.5 cm³/mol. The van der Waals surface area contributed by atoms with Gasteiger partial charge in [0.1, 0.15) is 17.7 Å². The third kappa shape index (κ3) is 4.25. The summed E-state index contributed by atoms with van der Waals surface area (Å²) in [7, 11) is 0. The summed E-state index contributed by atoms with van der Waals surface area (Å²) in [6.07, 6.45) is 3.80. The maximum Gasteiger partial charge on any atom is 0.314 e. The highest BCUT2D eigenvalue weighted by Gasteiger charge is 2.30. The predicted octanol–water partition coefficient (Wildman–Crippen LogP) is 2.71. The number of esters is 1. The Morgan fingerprint density at radius 3 is 2.48 bits per heavy atom. The lowest BCUT2D eigenvalue weighted by Crippen LogP contribution is -2.29. The summed E-state index contributed by atoms with van der Waals surface area (Å²) in [5.74, 6) is -0.268. The maximum atomic E-state index is 12.8. The van der Waals surface area contributed by atoms with Crippen LogP contribution in [0.4, 0.5) is 4.39 Å². The Morgan fingerprint density at radius 2 is 1.86 bits per heavy atom. The van der Waals surface area contributed by atoms with Crippen molar-refractivity contribution in [1.29, 1.82) is 0 Å². The molecule has 1 atom stereocenters. The summed E-state index contributed by atoms with van der Waals surface area (Å²) >= 11 is 0. The van der Waals surface area contributed by atoms with Crippen LogP contribution in [0.5, 0.6) is 5.75 Å². The van der Waals surface area contributed by atoms with Gasteiger partial charge in [0, 0.05) is 0 Å². The number of hydrogen-bond donors (Lipinski definition) is 0. The zero-order valence-corrected chi connectivity index (χ0v) is 11.8. The molecule has 4 nitrogen and oxygen atoms in total. The van der Waals surface area contributed by atoms with Crippen LogP contribution in [-0.4, -0.2) is 31.4 Å². The first-order chi connectivity index (χ1) is 10.2. The third-order valence-electron chi connectivity index (χ3n) is 3.96. The molecule has 1 aliphatic carbocycles. The quantitative estimate of drug-likeness (QED) is 0.476. The van der Waals surface area contributed by atoms with Gasteiger partial charge in [-0.15, -0.1) is 0 Å². The lowest BCUT2D eigenvalue weighted by Gasteiger charge is -2.27. The maximum absolute atomic E-state index is 12.8. The minimum Gasteiger partial charge on any atom is -0.426 e. The summed E-state index contributed by atoms with van der Waals surface area (Å²) in [6.45, 7) is 1.47. The largest absolute Gasteiger partial charge is 0.426 e. The van der Waals surface area contributed by atoms with Crippen molar-refractivity contribution in [3.05, 3.63) is 30.1 Å². The van der Waals surface area contributed by atoms with Crippen LogP contribution in [0.15, 0.2) is 24.3 Å². The van der Waals surface area contributed by atoms with Crippen LogP contribution in [0.25, 0.3) is 0 Å². The van der Waals surface area contributed by atoms with E-state index in [9.17, 15) is 9.18 Å². The standard InChI is InChI=1S/C16H19FO4/c17-12-3-7-14(8-4-12)21-16(18)11-1-5-13(6-2-11)19-9-15-10-20-15/h3-4,7-8,11,13,15H,1-2,5-6,9-10H2. The van der Waals surface area contributed by atoms with Gasteiger partial charge in [0.05, 0.1) is 25.2 Å². The zero-order chi connectivity index (χ0) is 14.7. The number of hydrogen-bond acceptors (Lipinski definition) is 4. The van der Waals surface area contributed by atoms with Crippen molar-refractivity contribution in [2.45, 2.75) is 37.9 Å². The number of carbonyl (C=O) groups is 1. The molecule has 5 heteroatoms. The molecule has 0 radical (unpaired) electrons. The smallest absolute Gasteiger partial charge is 0.314 e. The number of rotatable bonds is 5. The van der Waals surface area contributed by atoms with Gasteiger partial charge in [-0.05, 0) is 49.9 Å². The first-order valence-corrected chi connectivity index (χ1v) is 7.41. The van der Waals surface area contributed by atoms with E-state index in [1.54, 1.807) is 0 Å². The molecule has 0 aromatic heterocycles. The first-order valence-electron chi connectivity index (χ1n) is 7.41. The lowest BCUT2D eigenvalue weighted by molar-refractivity contribution is -0.141. The van der Waals surface area contributed by atoms with E-state index in [1.165, 1.54) is 24.3 Å². The molecule has 0 spiro atoms. The monoisotopic (exact) mass is 294 g/mol. The Labute approximate surface area is 123 Å². The van der Waals surface area contributed by atoms with Gasteiger partial charge in [-0.1, -0.05) is 0 Å². The fraction of sp³-hybridized carbons (Fsp3) is 0.562. The summed E-state index contributed by atoms with van der Waals surface area (Å²) < 4.78 is 28.9. The van der Waals surface area contributed by atoms with Gasteiger partial charge in [0.2, 0.25) is 0 Å². The van der Waals surface area contributed by atoms with Crippen LogP contribution < -0.4 is 4.74 Å². The van der Waals surface area contributed by atoms with Crippen molar-refractivity contribution in [2.75, 3.05) is 13.2 Å². The van der Waals surface area contributed by atoms with E-state index >= 15 is 0 Å². The van der Waals surface area contributed by atoms with Gasteiger partial charge in [-0.2, -0.15) is 0 Å². The van der Waals surface area contributed by atoms with Gasteiger partial charge < -0.3 is 14.2 Å². The van der Waals surface area contributed by atoms with Crippen LogP contribution in [0.3, 0.4) is 0 Å². The average Bonchev–Trinajstić information content (AvgIpc) is 3.32. The molecule has 3 rings (SSSR count). The molecular formula is C16H19FO4. The van der Waals surface area contributed by atoms with E-state index in [4.69, 9.17) is 14.2 Å². The Bertz CT molecular complexity index is 476. The molecule has 1 saturated heterocycles. The Balaban J connectivity index is 1.42. The zero-order valence-electron chi connectivity index (χ0n) is 11.8. The van der Waals surface area contributed by atoms with E-state index in [-0.39, 0.29) is 29.9 Å². The van der Waals surface area contributed by atoms with Crippen molar-refractivity contribution in [2.24, 2.45) is 5.92 Å². The van der Waals surface area contributed by atoms with E-state index in [0.29, 0.717) is 12.4 Å². The molecule has 1 aromatic carbocycles. The molecule has 1 heterocycles. The van der Waals surface area contributed by atoms with E-state index in [1.807, 2.05) is 0 Å². The lowest BCUT2D eigenvalue weighted by atomic mass is 9.87. The summed E-state index contributed by atoms with van der Waals surface area (Å²) in [5.41, 5.74) is 0. The molecule has 1 saturated carbocycles. The molecule has 0 bridgehead atoms. The van der Waals surface area contributed by atoms with Crippen molar-refractivity contribution in [1.82, 2.24) is 0 Å². The summed E-state index contributed by atoms with van der Waals surface area (Å²) in [6, 6.07) is 5.51. The van der Waals surface area contributed by atoms with Crippen molar-refractivity contribution >= 4 is 5.97 Å². The molecule has 2 fully saturated rings. The van der Waals surface area contributed by atoms with Crippen LogP contribution >= 0.6 is 0 Å². The molecule has 1 unspecified atom stereocenters. The second-order valence-electron chi connectivity index (χ2n) is 5.64. The summed E-state index contributed by atoms with van der Waals surface area (Å²) in [5, 5.41) is 0. The number of ether oxygens (including phenoxy) is 3. The number of epoxide rings is 1. The molecule has 0 amide bonds. The number of benzene rings is 1. The fourth-order valence-corrected chi connectivity index (χ4v) is 2.57. The fourth-order valence-electron chi connectivity index (χ4n) is 2.57. The number of carbonyl (C=O) groups excluding carboxylic acids is 1. The van der Waals surface area contributed by atoms with Crippen molar-refractivity contribution in [3.8, 4) is 5.75 Å². The highest BCUT2D eigenvalue weighted by atomic mass is 19.1. The molecule has 1 aliphatic heterocycles. The van der Waals surface area contributed by atoms with Crippen LogP contribution in [0.1, 0.15) is 25.7 Å². The second-order valence-corrected chi connectivity index (χ2v) is 5.64. The van der Waals surface area contributed by atoms with Crippen LogP contribution in [0.2, 0.25) is 0 Å². The van der Waals surface area contributed by atoms with Gasteiger partial charge in [0.15, 0.2) is 0 Å².